The number of hydrogen-bond acceptors (Lipinski definition) is 10. The summed E-state index contributed by atoms with van der Waals surface area (Å²) in [6, 6.07) is 20.3. The van der Waals surface area contributed by atoms with Crippen LogP contribution in [0.5, 0.6) is 0 Å². The number of carbonyl (C=O) groups is 2. The van der Waals surface area contributed by atoms with Crippen molar-refractivity contribution in [3.8, 4) is 0 Å². The van der Waals surface area contributed by atoms with E-state index in [1.165, 1.54) is 60.9 Å². The summed E-state index contributed by atoms with van der Waals surface area (Å²) in [6.07, 6.45) is 2.87. The zero-order valence-electron chi connectivity index (χ0n) is 20.5. The van der Waals surface area contributed by atoms with Crippen molar-refractivity contribution < 1.29 is 63.6 Å². The van der Waals surface area contributed by atoms with Crippen LogP contribution in [0.15, 0.2) is 107 Å². The van der Waals surface area contributed by atoms with Crippen molar-refractivity contribution in [2.24, 2.45) is 0 Å². The molecule has 1 radical (unpaired) electrons. The van der Waals surface area contributed by atoms with Crippen LogP contribution in [0.1, 0.15) is 21.0 Å². The van der Waals surface area contributed by atoms with E-state index in [4.69, 9.17) is 0 Å². The van der Waals surface area contributed by atoms with Gasteiger partial charge >= 0.3 is 17.1 Å². The summed E-state index contributed by atoms with van der Waals surface area (Å²) in [7, 11) is -9.29. The quantitative estimate of drug-likeness (QED) is 0.218. The van der Waals surface area contributed by atoms with Crippen LogP contribution in [0.3, 0.4) is 0 Å². The van der Waals surface area contributed by atoms with Crippen LogP contribution in [0.25, 0.3) is 0 Å². The second kappa shape index (κ2) is 16.3. The van der Waals surface area contributed by atoms with Gasteiger partial charge in [0.05, 0.1) is 21.2 Å². The van der Waals surface area contributed by atoms with Crippen molar-refractivity contribution in [3.63, 3.8) is 0 Å². The number of pyridine rings is 2. The van der Waals surface area contributed by atoms with E-state index in [0.29, 0.717) is 0 Å². The first-order valence-corrected chi connectivity index (χ1v) is 13.3. The maximum Gasteiger partial charge on any atom is 2.00 e. The number of anilines is 2. The zero-order chi connectivity index (χ0) is 27.8. The average Bonchev–Trinajstić information content (AvgIpc) is 2.89. The van der Waals surface area contributed by atoms with Crippen molar-refractivity contribution >= 4 is 43.4 Å². The minimum Gasteiger partial charge on any atom is -0.744 e. The first kappa shape index (κ1) is 36.9. The number of benzene rings is 2. The van der Waals surface area contributed by atoms with Crippen LogP contribution in [0, 0.1) is 0 Å². The van der Waals surface area contributed by atoms with Gasteiger partial charge in [-0.2, -0.15) is 0 Å². The fraction of sp³-hybridized carbons (Fsp3) is 0. The third-order valence-corrected chi connectivity index (χ3v) is 6.39. The van der Waals surface area contributed by atoms with Gasteiger partial charge in [0, 0.05) is 12.4 Å². The molecule has 41 heavy (non-hydrogen) atoms. The maximum atomic E-state index is 11.8. The van der Waals surface area contributed by atoms with Crippen LogP contribution >= 0.6 is 0 Å². The molecule has 0 atom stereocenters. The van der Waals surface area contributed by atoms with Crippen molar-refractivity contribution in [1.29, 1.82) is 0 Å². The fourth-order valence-corrected chi connectivity index (χ4v) is 4.21. The normalized spacial score (nSPS) is 10.2. The molecule has 2 heterocycles. The Morgan fingerprint density at radius 2 is 0.878 bits per heavy atom. The van der Waals surface area contributed by atoms with Gasteiger partial charge in [0.2, 0.25) is 0 Å². The molecule has 0 saturated carbocycles. The Labute approximate surface area is 245 Å². The summed E-state index contributed by atoms with van der Waals surface area (Å²) in [5.74, 6) is -1.17. The molecule has 0 bridgehead atoms. The molecule has 0 aliphatic heterocycles. The molecule has 0 spiro atoms. The molecule has 221 valence electrons. The third-order valence-electron chi connectivity index (χ3n) is 4.60. The predicted octanol–water partition coefficient (Wildman–Crippen LogP) is 0.824. The molecule has 0 saturated heterocycles. The molecular formula is C24H22CuN4O10S2. The summed E-state index contributed by atoms with van der Waals surface area (Å²) in [5, 5.41) is 4.71. The van der Waals surface area contributed by atoms with E-state index in [1.807, 2.05) is 0 Å². The fourth-order valence-electron chi connectivity index (χ4n) is 2.94. The summed E-state index contributed by atoms with van der Waals surface area (Å²) >= 11 is 0. The van der Waals surface area contributed by atoms with Crippen LogP contribution in [-0.4, -0.2) is 58.7 Å². The van der Waals surface area contributed by atoms with Gasteiger partial charge in [0.25, 0.3) is 11.8 Å². The van der Waals surface area contributed by atoms with Crippen molar-refractivity contribution in [2.45, 2.75) is 9.79 Å². The molecule has 0 unspecified atom stereocenters. The SMILES string of the molecule is O.O.O=C(Nc1ccccc1S(=O)(=O)[O-])c1ccccn1.O=C(Nc1ccccc1S(=O)(=O)[O-])c1ccccn1.[Cu+2]. The zero-order valence-corrected chi connectivity index (χ0v) is 23.1. The standard InChI is InChI=1S/2C12H10N2O4S.Cu.2H2O/c2*15-12(10-6-3-4-8-13-10)14-9-5-1-2-7-11(9)19(16,17)18;;;/h2*1-8H,(H,14,15)(H,16,17,18);;2*1H2/q;;+2;;/p-2. The van der Waals surface area contributed by atoms with Gasteiger partial charge in [0.1, 0.15) is 31.6 Å². The van der Waals surface area contributed by atoms with E-state index >= 15 is 0 Å². The molecule has 0 aliphatic rings. The van der Waals surface area contributed by atoms with Crippen LogP contribution in [-0.2, 0) is 37.3 Å². The van der Waals surface area contributed by atoms with Crippen LogP contribution in [0.4, 0.5) is 11.4 Å². The van der Waals surface area contributed by atoms with E-state index in [0.717, 1.165) is 12.1 Å². The van der Waals surface area contributed by atoms with E-state index in [9.17, 15) is 35.5 Å². The number of para-hydroxylation sites is 2. The number of aromatic nitrogens is 2. The Kier molecular flexibility index (Phi) is 14.7. The largest absolute Gasteiger partial charge is 2.00 e. The first-order valence-electron chi connectivity index (χ1n) is 10.5. The predicted molar refractivity (Wildman–Crippen MR) is 140 cm³/mol. The van der Waals surface area contributed by atoms with Crippen LogP contribution < -0.4 is 10.6 Å². The first-order chi connectivity index (χ1) is 18.0. The number of amides is 2. The van der Waals surface area contributed by atoms with E-state index in [1.54, 1.807) is 24.3 Å². The van der Waals surface area contributed by atoms with Gasteiger partial charge in [-0.15, -0.1) is 0 Å². The number of hydrogen-bond donors (Lipinski definition) is 2. The smallest absolute Gasteiger partial charge is 0.744 e. The summed E-state index contributed by atoms with van der Waals surface area (Å²) in [4.78, 5) is 30.4. The molecule has 17 heteroatoms. The van der Waals surface area contributed by atoms with Crippen molar-refractivity contribution in [2.75, 3.05) is 10.6 Å². The van der Waals surface area contributed by atoms with Gasteiger partial charge in [-0.3, -0.25) is 19.6 Å². The second-order valence-corrected chi connectivity index (χ2v) is 9.93. The molecule has 0 fully saturated rings. The van der Waals surface area contributed by atoms with Gasteiger partial charge in [-0.1, -0.05) is 36.4 Å². The van der Waals surface area contributed by atoms with Crippen LogP contribution in [0.2, 0.25) is 0 Å². The molecule has 4 aromatic rings. The molecule has 2 aromatic carbocycles. The minimum absolute atomic E-state index is 0. The third kappa shape index (κ3) is 10.8. The Morgan fingerprint density at radius 3 is 1.17 bits per heavy atom. The Bertz CT molecular complexity index is 1530. The molecule has 14 nitrogen and oxygen atoms in total. The van der Waals surface area contributed by atoms with E-state index in [-0.39, 0.29) is 50.8 Å². The molecule has 2 aromatic heterocycles. The molecule has 2 amide bonds. The maximum absolute atomic E-state index is 11.8. The minimum atomic E-state index is -4.65. The number of rotatable bonds is 6. The Balaban J connectivity index is 0.000000727. The number of nitrogens with zero attached hydrogens (tertiary/aromatic N) is 2. The summed E-state index contributed by atoms with van der Waals surface area (Å²) < 4.78 is 66.3. The van der Waals surface area contributed by atoms with Crippen molar-refractivity contribution in [1.82, 2.24) is 9.97 Å². The Morgan fingerprint density at radius 1 is 0.561 bits per heavy atom. The summed E-state index contributed by atoms with van der Waals surface area (Å²) in [6.45, 7) is 0. The van der Waals surface area contributed by atoms with E-state index in [2.05, 4.69) is 20.6 Å². The number of nitrogens with one attached hydrogen (secondary N) is 2. The molecule has 0 aliphatic carbocycles. The molecule has 6 N–H and O–H groups in total. The van der Waals surface area contributed by atoms with Gasteiger partial charge in [0.15, 0.2) is 0 Å². The van der Waals surface area contributed by atoms with Gasteiger partial charge in [-0.05, 0) is 48.5 Å². The average molecular weight is 654 g/mol. The monoisotopic (exact) mass is 653 g/mol. The molecule has 4 rings (SSSR count). The Hall–Kier alpha value is -4.06. The number of carbonyl (C=O) groups excluding carboxylic acids is 2. The molecular weight excluding hydrogens is 632 g/mol. The summed E-state index contributed by atoms with van der Waals surface area (Å²) in [5.41, 5.74) is 0.127. The van der Waals surface area contributed by atoms with E-state index < -0.39 is 41.8 Å². The van der Waals surface area contributed by atoms with Crippen molar-refractivity contribution in [3.05, 3.63) is 109 Å². The second-order valence-electron chi connectivity index (χ2n) is 7.24. The van der Waals surface area contributed by atoms with Gasteiger partial charge < -0.3 is 30.7 Å². The van der Waals surface area contributed by atoms with Gasteiger partial charge in [-0.25, -0.2) is 16.8 Å². The topological polar surface area (TPSA) is 261 Å².